The van der Waals surface area contributed by atoms with Gasteiger partial charge in [0.05, 0.1) is 7.11 Å². The first-order valence-electron chi connectivity index (χ1n) is 1.51. The molecule has 0 N–H and O–H groups in total. The average Bonchev–Trinajstić information content (AvgIpc) is 1.62. The largest absolute Gasteiger partial charge is 0.457 e. The molecular weight excluding hydrogens is 156 g/mol. The van der Waals surface area contributed by atoms with E-state index >= 15 is 0 Å². The van der Waals surface area contributed by atoms with Gasteiger partial charge in [-0.1, -0.05) is 0 Å². The second-order valence-electron chi connectivity index (χ2n) is 0.892. The van der Waals surface area contributed by atoms with Crippen LogP contribution in [0.15, 0.2) is 0 Å². The van der Waals surface area contributed by atoms with Crippen LogP contribution in [0.4, 0.5) is 4.79 Å². The fourth-order valence-corrected chi connectivity index (χ4v) is 0.488. The van der Waals surface area contributed by atoms with E-state index < -0.39 is 14.4 Å². The van der Waals surface area contributed by atoms with Crippen LogP contribution < -0.4 is 0 Å². The molecule has 0 aliphatic rings. The van der Waals surface area contributed by atoms with Crippen molar-refractivity contribution in [3.63, 3.8) is 0 Å². The molecule has 0 aliphatic carbocycles. The summed E-state index contributed by atoms with van der Waals surface area (Å²) < 4.78 is 23.5. The van der Waals surface area contributed by atoms with Crippen LogP contribution >= 0.6 is 10.7 Å². The Kier molecular flexibility index (Phi) is 2.24. The van der Waals surface area contributed by atoms with Crippen LogP contribution in [0.2, 0.25) is 0 Å². The summed E-state index contributed by atoms with van der Waals surface area (Å²) in [6.07, 6.45) is 0. The van der Waals surface area contributed by atoms with Gasteiger partial charge < -0.3 is 4.74 Å². The molecule has 0 fully saturated rings. The second-order valence-corrected chi connectivity index (χ2v) is 3.32. The molecule has 0 saturated heterocycles. The highest BCUT2D eigenvalue weighted by Crippen LogP contribution is 1.98. The Bertz CT molecular complexity index is 180. The molecule has 4 nitrogen and oxygen atoms in total. The van der Waals surface area contributed by atoms with Crippen molar-refractivity contribution >= 4 is 25.0 Å². The second kappa shape index (κ2) is 2.32. The van der Waals surface area contributed by atoms with Gasteiger partial charge in [-0.3, -0.25) is 0 Å². The van der Waals surface area contributed by atoms with Gasteiger partial charge in [-0.15, -0.1) is 0 Å². The maximum absolute atomic E-state index is 9.89. The lowest BCUT2D eigenvalue weighted by Gasteiger charge is -1.88. The van der Waals surface area contributed by atoms with Crippen LogP contribution in [0.5, 0.6) is 0 Å². The van der Waals surface area contributed by atoms with Crippen molar-refractivity contribution in [3.8, 4) is 0 Å². The normalized spacial score (nSPS) is 10.8. The lowest BCUT2D eigenvalue weighted by atomic mass is 11.5. The quantitative estimate of drug-likeness (QED) is 0.376. The van der Waals surface area contributed by atoms with Gasteiger partial charge in [-0.2, -0.15) is 8.42 Å². The van der Waals surface area contributed by atoms with Gasteiger partial charge >= 0.3 is 14.4 Å². The van der Waals surface area contributed by atoms with E-state index in [0.717, 1.165) is 7.11 Å². The monoisotopic (exact) mass is 158 g/mol. The molecule has 0 spiro atoms. The van der Waals surface area contributed by atoms with Gasteiger partial charge in [0.2, 0.25) is 0 Å². The molecule has 0 bridgehead atoms. The summed E-state index contributed by atoms with van der Waals surface area (Å²) in [5, 5.41) is -1.43. The summed E-state index contributed by atoms with van der Waals surface area (Å²) in [5.74, 6) is 0. The van der Waals surface area contributed by atoms with E-state index in [0.29, 0.717) is 0 Å². The minimum absolute atomic E-state index is 0.933. The van der Waals surface area contributed by atoms with Crippen LogP contribution in [0, 0.1) is 0 Å². The fourth-order valence-electron chi connectivity index (χ4n) is 0.0995. The molecule has 0 atom stereocenters. The van der Waals surface area contributed by atoms with E-state index in [9.17, 15) is 13.2 Å². The van der Waals surface area contributed by atoms with E-state index in [-0.39, 0.29) is 0 Å². The van der Waals surface area contributed by atoms with Crippen molar-refractivity contribution in [2.24, 2.45) is 0 Å². The first-order chi connectivity index (χ1) is 3.48. The Hall–Kier alpha value is -0.290. The average molecular weight is 159 g/mol. The molecule has 6 heteroatoms. The van der Waals surface area contributed by atoms with E-state index in [1.54, 1.807) is 0 Å². The van der Waals surface area contributed by atoms with Gasteiger partial charge in [-0.25, -0.2) is 4.79 Å². The van der Waals surface area contributed by atoms with Gasteiger partial charge in [0, 0.05) is 10.7 Å². The number of halogens is 1. The van der Waals surface area contributed by atoms with Crippen molar-refractivity contribution in [1.82, 2.24) is 0 Å². The maximum atomic E-state index is 9.89. The van der Waals surface area contributed by atoms with E-state index in [1.165, 1.54) is 0 Å². The number of ether oxygens (including phenoxy) is 1. The van der Waals surface area contributed by atoms with Crippen LogP contribution in [0.3, 0.4) is 0 Å². The smallest absolute Gasteiger partial charge is 0.439 e. The highest BCUT2D eigenvalue weighted by atomic mass is 35.7. The molecule has 0 rings (SSSR count). The minimum Gasteiger partial charge on any atom is -0.457 e. The SMILES string of the molecule is COC(=O)S(=O)(=O)Cl. The van der Waals surface area contributed by atoms with Gasteiger partial charge in [0.15, 0.2) is 0 Å². The van der Waals surface area contributed by atoms with Gasteiger partial charge in [-0.05, 0) is 0 Å². The standard InChI is InChI=1S/C2H3ClO4S/c1-7-2(4)8(3,5)6/h1H3. The predicted octanol–water partition coefficient (Wildman–Crippen LogP) is 0.321. The summed E-state index contributed by atoms with van der Waals surface area (Å²) in [7, 11) is 1.27. The Morgan fingerprint density at radius 1 is 1.62 bits per heavy atom. The van der Waals surface area contributed by atoms with Crippen molar-refractivity contribution in [2.45, 2.75) is 0 Å². The molecule has 0 amide bonds. The Morgan fingerprint density at radius 3 is 2.00 bits per heavy atom. The third-order valence-electron chi connectivity index (χ3n) is 0.366. The number of carbonyl (C=O) groups excluding carboxylic acids is 1. The third kappa shape index (κ3) is 2.13. The third-order valence-corrected chi connectivity index (χ3v) is 1.31. The maximum Gasteiger partial charge on any atom is 0.439 e. The van der Waals surface area contributed by atoms with E-state index in [1.807, 2.05) is 0 Å². The summed E-state index contributed by atoms with van der Waals surface area (Å²) in [6, 6.07) is 0. The summed E-state index contributed by atoms with van der Waals surface area (Å²) in [6.45, 7) is 0. The van der Waals surface area contributed by atoms with Gasteiger partial charge in [0.1, 0.15) is 0 Å². The Labute approximate surface area is 50.8 Å². The van der Waals surface area contributed by atoms with Crippen LogP contribution in [-0.4, -0.2) is 20.8 Å². The lowest BCUT2D eigenvalue weighted by molar-refractivity contribution is 0.198. The zero-order chi connectivity index (χ0) is 6.78. The molecule has 0 aliphatic heterocycles. The zero-order valence-electron chi connectivity index (χ0n) is 3.92. The molecule has 0 aromatic rings. The number of methoxy groups -OCH3 is 1. The highest BCUT2D eigenvalue weighted by molar-refractivity contribution is 8.25. The molecular formula is C2H3ClO4S. The molecule has 0 unspecified atom stereocenters. The molecule has 8 heavy (non-hydrogen) atoms. The highest BCUT2D eigenvalue weighted by Gasteiger charge is 2.17. The first-order valence-corrected chi connectivity index (χ1v) is 3.82. The van der Waals surface area contributed by atoms with Crippen molar-refractivity contribution in [3.05, 3.63) is 0 Å². The molecule has 0 aromatic heterocycles. The predicted molar refractivity (Wildman–Crippen MR) is 27.2 cm³/mol. The van der Waals surface area contributed by atoms with Crippen molar-refractivity contribution in [2.75, 3.05) is 7.11 Å². The summed E-state index contributed by atoms with van der Waals surface area (Å²) in [4.78, 5) is 9.89. The molecule has 0 heterocycles. The molecule has 0 saturated carbocycles. The van der Waals surface area contributed by atoms with Crippen LogP contribution in [-0.2, 0) is 13.8 Å². The number of hydrogen-bond acceptors (Lipinski definition) is 4. The summed E-state index contributed by atoms with van der Waals surface area (Å²) in [5.41, 5.74) is 0. The minimum atomic E-state index is -4.14. The van der Waals surface area contributed by atoms with Crippen LogP contribution in [0.25, 0.3) is 0 Å². The van der Waals surface area contributed by atoms with E-state index in [2.05, 4.69) is 15.4 Å². The van der Waals surface area contributed by atoms with Crippen molar-refractivity contribution in [1.29, 1.82) is 0 Å². The fraction of sp³-hybridized carbons (Fsp3) is 0.500. The zero-order valence-corrected chi connectivity index (χ0v) is 5.49. The molecule has 0 radical (unpaired) electrons. The number of hydrogen-bond donors (Lipinski definition) is 0. The Balaban J connectivity index is 4.29. The Morgan fingerprint density at radius 2 is 2.00 bits per heavy atom. The molecule has 48 valence electrons. The summed E-state index contributed by atoms with van der Waals surface area (Å²) >= 11 is 0. The lowest BCUT2D eigenvalue weighted by Crippen LogP contribution is -2.06. The van der Waals surface area contributed by atoms with E-state index in [4.69, 9.17) is 0 Å². The van der Waals surface area contributed by atoms with Gasteiger partial charge in [0.25, 0.3) is 0 Å². The first kappa shape index (κ1) is 7.71. The number of carbonyl (C=O) groups is 1. The van der Waals surface area contributed by atoms with Crippen molar-refractivity contribution < 1.29 is 17.9 Å². The topological polar surface area (TPSA) is 60.4 Å². The molecule has 0 aromatic carbocycles. The number of rotatable bonds is 0. The van der Waals surface area contributed by atoms with Crippen LogP contribution in [0.1, 0.15) is 0 Å².